The van der Waals surface area contributed by atoms with Crippen LogP contribution in [0.2, 0.25) is 5.02 Å². The summed E-state index contributed by atoms with van der Waals surface area (Å²) in [5.41, 5.74) is 9.68. The third kappa shape index (κ3) is 4.41. The first kappa shape index (κ1) is 20.3. The highest BCUT2D eigenvalue weighted by atomic mass is 35.5. The number of aromatic nitrogens is 2. The fourth-order valence-corrected chi connectivity index (χ4v) is 2.48. The first-order chi connectivity index (χ1) is 10.5. The summed E-state index contributed by atoms with van der Waals surface area (Å²) < 4.78 is 0. The van der Waals surface area contributed by atoms with Crippen LogP contribution in [-0.2, 0) is 0 Å². The van der Waals surface area contributed by atoms with Gasteiger partial charge in [-0.1, -0.05) is 23.7 Å². The van der Waals surface area contributed by atoms with Crippen LogP contribution < -0.4 is 5.73 Å². The number of aromatic amines is 1. The zero-order valence-corrected chi connectivity index (χ0v) is 15.7. The van der Waals surface area contributed by atoms with Gasteiger partial charge < -0.3 is 10.7 Å². The van der Waals surface area contributed by atoms with Crippen LogP contribution in [0, 0.1) is 0 Å². The largest absolute Gasteiger partial charge is 0.383 e. The number of benzene rings is 2. The zero-order chi connectivity index (χ0) is 15.7. The van der Waals surface area contributed by atoms with Crippen molar-refractivity contribution in [1.82, 2.24) is 9.97 Å². The van der Waals surface area contributed by atoms with Crippen LogP contribution in [0.25, 0.3) is 22.4 Å². The van der Waals surface area contributed by atoms with E-state index in [0.717, 1.165) is 28.0 Å². The molecule has 1 heterocycles. The van der Waals surface area contributed by atoms with Crippen molar-refractivity contribution in [3.63, 3.8) is 0 Å². The molecule has 0 bridgehead atoms. The molecule has 0 spiro atoms. The zero-order valence-electron chi connectivity index (χ0n) is 13.3. The number of nitrogens with one attached hydrogen (secondary N) is 1. The van der Waals surface area contributed by atoms with E-state index < -0.39 is 0 Å². The maximum absolute atomic E-state index is 6.03. The second-order valence-electron chi connectivity index (χ2n) is 5.44. The van der Waals surface area contributed by atoms with Gasteiger partial charge in [-0.3, -0.25) is 4.99 Å². The molecule has 0 saturated carbocycles. The van der Waals surface area contributed by atoms with Gasteiger partial charge in [0.05, 0.1) is 11.0 Å². The fourth-order valence-electron chi connectivity index (χ4n) is 2.29. The van der Waals surface area contributed by atoms with Crippen molar-refractivity contribution < 1.29 is 0 Å². The van der Waals surface area contributed by atoms with Gasteiger partial charge in [-0.2, -0.15) is 0 Å². The molecule has 2 aromatic carbocycles. The average molecular weight is 386 g/mol. The van der Waals surface area contributed by atoms with Gasteiger partial charge in [0.1, 0.15) is 11.7 Å². The summed E-state index contributed by atoms with van der Waals surface area (Å²) in [4.78, 5) is 12.3. The van der Waals surface area contributed by atoms with Gasteiger partial charge in [0.25, 0.3) is 0 Å². The quantitative estimate of drug-likeness (QED) is 0.500. The molecule has 0 amide bonds. The van der Waals surface area contributed by atoms with E-state index in [1.165, 1.54) is 0 Å². The summed E-state index contributed by atoms with van der Waals surface area (Å²) in [6.45, 7) is 4.00. The van der Waals surface area contributed by atoms with Crippen molar-refractivity contribution in [3.8, 4) is 11.4 Å². The summed E-state index contributed by atoms with van der Waals surface area (Å²) in [6.07, 6.45) is 0. The van der Waals surface area contributed by atoms with Gasteiger partial charge in [0.15, 0.2) is 0 Å². The number of imidazole rings is 1. The van der Waals surface area contributed by atoms with Crippen molar-refractivity contribution in [1.29, 1.82) is 0 Å². The third-order valence-electron chi connectivity index (χ3n) is 3.27. The van der Waals surface area contributed by atoms with Crippen LogP contribution in [0.5, 0.6) is 0 Å². The molecule has 0 aliphatic heterocycles. The maximum Gasteiger partial charge on any atom is 0.138 e. The van der Waals surface area contributed by atoms with Gasteiger partial charge in [0, 0.05) is 22.2 Å². The molecule has 4 nitrogen and oxygen atoms in total. The molecule has 7 heteroatoms. The van der Waals surface area contributed by atoms with E-state index in [1.807, 2.05) is 56.3 Å². The van der Waals surface area contributed by atoms with Crippen LogP contribution in [0.3, 0.4) is 0 Å². The summed E-state index contributed by atoms with van der Waals surface area (Å²) in [5, 5.41) is 0.687. The predicted molar refractivity (Wildman–Crippen MR) is 107 cm³/mol. The molecule has 0 saturated heterocycles. The molecule has 1 aromatic heterocycles. The van der Waals surface area contributed by atoms with Crippen molar-refractivity contribution in [2.45, 2.75) is 19.9 Å². The lowest BCUT2D eigenvalue weighted by Crippen LogP contribution is -2.15. The summed E-state index contributed by atoms with van der Waals surface area (Å²) >= 11 is 6.03. The minimum absolute atomic E-state index is 0. The topological polar surface area (TPSA) is 67.1 Å². The number of amidine groups is 1. The van der Waals surface area contributed by atoms with Crippen LogP contribution in [0.15, 0.2) is 47.5 Å². The standard InChI is InChI=1S/C17H17ClN4.2ClH/c1-10(2)20-16(19)11-6-7-14-15(9-11)22-17(21-14)12-4-3-5-13(18)8-12;;/h3-10H,1-2H3,(H2,19,20)(H,21,22);2*1H. The number of halogens is 3. The molecule has 0 atom stereocenters. The van der Waals surface area contributed by atoms with E-state index in [0.29, 0.717) is 10.9 Å². The normalized spacial score (nSPS) is 11.2. The highest BCUT2D eigenvalue weighted by Gasteiger charge is 2.08. The number of fused-ring (bicyclic) bond motifs is 1. The predicted octanol–water partition coefficient (Wildman–Crippen LogP) is 4.84. The molecule has 0 aliphatic carbocycles. The maximum atomic E-state index is 6.03. The molecule has 3 rings (SSSR count). The van der Waals surface area contributed by atoms with Crippen molar-refractivity contribution >= 4 is 53.3 Å². The van der Waals surface area contributed by atoms with Crippen molar-refractivity contribution in [2.75, 3.05) is 0 Å². The summed E-state index contributed by atoms with van der Waals surface area (Å²) in [6, 6.07) is 13.6. The van der Waals surface area contributed by atoms with E-state index >= 15 is 0 Å². The molecule has 3 N–H and O–H groups in total. The molecular formula is C17H19Cl3N4. The lowest BCUT2D eigenvalue weighted by molar-refractivity contribution is 0.834. The monoisotopic (exact) mass is 384 g/mol. The molecule has 3 aromatic rings. The van der Waals surface area contributed by atoms with E-state index in [-0.39, 0.29) is 30.9 Å². The van der Waals surface area contributed by atoms with Gasteiger partial charge in [0.2, 0.25) is 0 Å². The minimum atomic E-state index is 0. The molecule has 0 fully saturated rings. The number of hydrogen-bond acceptors (Lipinski definition) is 2. The number of hydrogen-bond donors (Lipinski definition) is 2. The Hall–Kier alpha value is -1.75. The Morgan fingerprint density at radius 3 is 2.58 bits per heavy atom. The van der Waals surface area contributed by atoms with E-state index in [1.54, 1.807) is 0 Å². The average Bonchev–Trinajstić information content (AvgIpc) is 2.89. The Labute approximate surface area is 158 Å². The molecule has 0 aliphatic rings. The Kier molecular flexibility index (Phi) is 7.08. The van der Waals surface area contributed by atoms with Crippen molar-refractivity contribution in [2.24, 2.45) is 10.7 Å². The highest BCUT2D eigenvalue weighted by Crippen LogP contribution is 2.23. The molecular weight excluding hydrogens is 367 g/mol. The fraction of sp³-hybridized carbons (Fsp3) is 0.176. The SMILES string of the molecule is CC(C)N=C(N)c1ccc2nc(-c3cccc(Cl)c3)[nH]c2c1.Cl.Cl. The van der Waals surface area contributed by atoms with Gasteiger partial charge in [-0.05, 0) is 44.2 Å². The Balaban J connectivity index is 0.00000144. The van der Waals surface area contributed by atoms with Crippen LogP contribution in [0.4, 0.5) is 0 Å². The molecule has 24 heavy (non-hydrogen) atoms. The lowest BCUT2D eigenvalue weighted by Gasteiger charge is -2.03. The number of nitrogens with zero attached hydrogens (tertiary/aromatic N) is 2. The van der Waals surface area contributed by atoms with Crippen LogP contribution in [-0.4, -0.2) is 21.8 Å². The van der Waals surface area contributed by atoms with Crippen molar-refractivity contribution in [3.05, 3.63) is 53.1 Å². The lowest BCUT2D eigenvalue weighted by atomic mass is 10.2. The van der Waals surface area contributed by atoms with Gasteiger partial charge in [-0.15, -0.1) is 24.8 Å². The molecule has 0 radical (unpaired) electrons. The number of rotatable bonds is 3. The second kappa shape index (κ2) is 8.38. The van der Waals surface area contributed by atoms with E-state index in [4.69, 9.17) is 17.3 Å². The van der Waals surface area contributed by atoms with E-state index in [2.05, 4.69) is 15.0 Å². The van der Waals surface area contributed by atoms with Gasteiger partial charge in [-0.25, -0.2) is 4.98 Å². The second-order valence-corrected chi connectivity index (χ2v) is 5.87. The van der Waals surface area contributed by atoms with Crippen LogP contribution >= 0.6 is 36.4 Å². The molecule has 128 valence electrons. The number of nitrogens with two attached hydrogens (primary N) is 1. The summed E-state index contributed by atoms with van der Waals surface area (Å²) in [5.74, 6) is 1.32. The number of aliphatic imine (C=N–C) groups is 1. The minimum Gasteiger partial charge on any atom is -0.383 e. The Bertz CT molecular complexity index is 856. The third-order valence-corrected chi connectivity index (χ3v) is 3.51. The number of H-pyrrole nitrogens is 1. The van der Waals surface area contributed by atoms with Crippen LogP contribution in [0.1, 0.15) is 19.4 Å². The van der Waals surface area contributed by atoms with Gasteiger partial charge >= 0.3 is 0 Å². The Morgan fingerprint density at radius 1 is 1.17 bits per heavy atom. The highest BCUT2D eigenvalue weighted by molar-refractivity contribution is 6.30. The van der Waals surface area contributed by atoms with E-state index in [9.17, 15) is 0 Å². The first-order valence-electron chi connectivity index (χ1n) is 7.12. The molecule has 0 unspecified atom stereocenters. The smallest absolute Gasteiger partial charge is 0.138 e. The summed E-state index contributed by atoms with van der Waals surface area (Å²) in [7, 11) is 0. The first-order valence-corrected chi connectivity index (χ1v) is 7.50. The Morgan fingerprint density at radius 2 is 1.92 bits per heavy atom.